The van der Waals surface area contributed by atoms with Crippen molar-refractivity contribution in [3.05, 3.63) is 56.4 Å². The molecule has 2 rings (SSSR count). The Morgan fingerprint density at radius 3 is 1.56 bits per heavy atom. The largest absolute Gasteiger partial charge is 0.290 e. The fourth-order valence-corrected chi connectivity index (χ4v) is 1.51. The van der Waals surface area contributed by atoms with Crippen molar-refractivity contribution < 1.29 is 24.3 Å². The normalized spacial score (nSPS) is 21.0. The number of carbonyl (C=O) groups is 1. The predicted molar refractivity (Wildman–Crippen MR) is 73.2 cm³/mol. The van der Waals surface area contributed by atoms with Gasteiger partial charge in [-0.05, 0) is 51.2 Å². The van der Waals surface area contributed by atoms with Gasteiger partial charge in [0.15, 0.2) is 5.78 Å². The number of alkyl halides is 3. The minimum atomic E-state index is -1.42. The molecule has 0 aliphatic heterocycles. The van der Waals surface area contributed by atoms with Crippen molar-refractivity contribution in [3.8, 4) is 0 Å². The second-order valence-corrected chi connectivity index (χ2v) is 6.09. The predicted octanol–water partition coefficient (Wildman–Crippen LogP) is 4.08. The van der Waals surface area contributed by atoms with Gasteiger partial charge in [-0.2, -0.15) is 0 Å². The molecule has 0 aromatic carbocycles. The zero-order valence-corrected chi connectivity index (χ0v) is 13.5. The van der Waals surface area contributed by atoms with E-state index in [9.17, 15) is 4.79 Å². The Morgan fingerprint density at radius 1 is 0.944 bits per heavy atom. The molecule has 2 aliphatic rings. The van der Waals surface area contributed by atoms with Gasteiger partial charge in [-0.3, -0.25) is 4.79 Å². The quantitative estimate of drug-likeness (QED) is 0.448. The zero-order chi connectivity index (χ0) is 12.9. The number of hydrogen-bond donors (Lipinski definition) is 0. The van der Waals surface area contributed by atoms with Crippen LogP contribution in [0.2, 0.25) is 0 Å². The minimum Gasteiger partial charge on any atom is -0.290 e. The number of hydrogen-bond acceptors (Lipinski definition) is 1. The van der Waals surface area contributed by atoms with Gasteiger partial charge >= 0.3 is 0 Å². The Kier molecular flexibility index (Phi) is 8.34. The molecular weight excluding hydrogens is 381 g/mol. The Balaban J connectivity index is 0.000000405. The molecule has 0 saturated heterocycles. The Morgan fingerprint density at radius 2 is 1.28 bits per heavy atom. The summed E-state index contributed by atoms with van der Waals surface area (Å²) in [6.07, 6.45) is 16.0. The summed E-state index contributed by atoms with van der Waals surface area (Å²) in [5, 5.41) is 0. The van der Waals surface area contributed by atoms with E-state index < -0.39 is 9.21 Å². The molecule has 5 heteroatoms. The van der Waals surface area contributed by atoms with Crippen LogP contribution in [0.4, 0.5) is 0 Å². The molecule has 0 aromatic rings. The molecule has 6 radical (unpaired) electrons. The second-order valence-electron chi connectivity index (χ2n) is 3.81. The van der Waals surface area contributed by atoms with Gasteiger partial charge < -0.3 is 0 Å². The van der Waals surface area contributed by atoms with Crippen LogP contribution in [0.5, 0.6) is 0 Å². The van der Waals surface area contributed by atoms with Gasteiger partial charge in [-0.25, -0.2) is 0 Å². The van der Waals surface area contributed by atoms with Crippen molar-refractivity contribution in [1.29, 1.82) is 0 Å². The Hall–Kier alpha value is 0.643. The molecule has 0 atom stereocenters. The standard InChI is InChI=1S/C8H7Cl3O.C5H5.Rh/c1-7(8(9,10)11)4-2-6(12)3-5-7;1-2-4-5-3-1;/h2-5H,1H3;1-5H;. The third kappa shape index (κ3) is 5.74. The van der Waals surface area contributed by atoms with E-state index in [1.165, 1.54) is 12.2 Å². The summed E-state index contributed by atoms with van der Waals surface area (Å²) in [5.74, 6) is -0.0817. The molecule has 0 unspecified atom stereocenters. The van der Waals surface area contributed by atoms with Crippen molar-refractivity contribution in [2.75, 3.05) is 0 Å². The average Bonchev–Trinajstić information content (AvgIpc) is 2.79. The Labute approximate surface area is 137 Å². The molecule has 0 bridgehead atoms. The monoisotopic (exact) mass is 392 g/mol. The van der Waals surface area contributed by atoms with Crippen molar-refractivity contribution in [2.24, 2.45) is 5.41 Å². The van der Waals surface area contributed by atoms with Gasteiger partial charge in [-0.1, -0.05) is 47.0 Å². The number of ketones is 1. The van der Waals surface area contributed by atoms with Crippen LogP contribution in [-0.2, 0) is 24.3 Å². The molecule has 0 spiro atoms. The topological polar surface area (TPSA) is 17.1 Å². The number of halogens is 3. The maximum absolute atomic E-state index is 10.8. The van der Waals surface area contributed by atoms with E-state index in [0.29, 0.717) is 0 Å². The SMILES string of the molecule is CC1(C(Cl)(Cl)Cl)C=CC(=O)C=C1.[CH]1[CH][CH][CH][CH]1.[Rh]. The van der Waals surface area contributed by atoms with Crippen LogP contribution >= 0.6 is 34.8 Å². The van der Waals surface area contributed by atoms with E-state index in [1.54, 1.807) is 19.1 Å². The second kappa shape index (κ2) is 8.05. The van der Waals surface area contributed by atoms with E-state index in [1.807, 2.05) is 32.1 Å². The summed E-state index contributed by atoms with van der Waals surface area (Å²) < 4.78 is -1.42. The fraction of sp³-hybridized carbons (Fsp3) is 0.231. The first-order chi connectivity index (χ1) is 7.85. The van der Waals surface area contributed by atoms with Crippen molar-refractivity contribution in [1.82, 2.24) is 0 Å². The summed E-state index contributed by atoms with van der Waals surface area (Å²) in [6, 6.07) is 0. The van der Waals surface area contributed by atoms with E-state index >= 15 is 0 Å². The molecule has 0 aromatic heterocycles. The van der Waals surface area contributed by atoms with Gasteiger partial charge in [0.2, 0.25) is 3.79 Å². The molecule has 0 N–H and O–H groups in total. The van der Waals surface area contributed by atoms with Crippen molar-refractivity contribution >= 4 is 40.6 Å². The molecule has 1 nitrogen and oxygen atoms in total. The number of allylic oxidation sites excluding steroid dienone is 4. The average molecular weight is 394 g/mol. The number of carbonyl (C=O) groups excluding carboxylic acids is 1. The van der Waals surface area contributed by atoms with Gasteiger partial charge in [-0.15, -0.1) is 0 Å². The van der Waals surface area contributed by atoms with Crippen LogP contribution in [0, 0.1) is 37.5 Å². The summed E-state index contributed by atoms with van der Waals surface area (Å²) in [6.45, 7) is 1.75. The first-order valence-electron chi connectivity index (χ1n) is 5.01. The van der Waals surface area contributed by atoms with Crippen LogP contribution in [0.3, 0.4) is 0 Å². The van der Waals surface area contributed by atoms with Crippen molar-refractivity contribution in [2.45, 2.75) is 10.7 Å². The maximum Gasteiger partial charge on any atom is 0.202 e. The molecule has 1 saturated carbocycles. The first kappa shape index (κ1) is 18.6. The van der Waals surface area contributed by atoms with Gasteiger partial charge in [0.25, 0.3) is 0 Å². The van der Waals surface area contributed by atoms with E-state index in [0.717, 1.165) is 0 Å². The van der Waals surface area contributed by atoms with Crippen LogP contribution < -0.4 is 0 Å². The third-order valence-electron chi connectivity index (χ3n) is 2.35. The molecule has 18 heavy (non-hydrogen) atoms. The van der Waals surface area contributed by atoms with Crippen molar-refractivity contribution in [3.63, 3.8) is 0 Å². The van der Waals surface area contributed by atoms with Gasteiger partial charge in [0.05, 0.1) is 5.41 Å². The van der Waals surface area contributed by atoms with Gasteiger partial charge in [0.1, 0.15) is 0 Å². The maximum atomic E-state index is 10.8. The summed E-state index contributed by atoms with van der Waals surface area (Å²) in [4.78, 5) is 10.8. The van der Waals surface area contributed by atoms with E-state index in [4.69, 9.17) is 34.8 Å². The molecule has 1 fully saturated rings. The van der Waals surface area contributed by atoms with Gasteiger partial charge in [0, 0.05) is 19.5 Å². The molecule has 100 valence electrons. The van der Waals surface area contributed by atoms with Crippen LogP contribution in [0.1, 0.15) is 6.92 Å². The summed E-state index contributed by atoms with van der Waals surface area (Å²) >= 11 is 17.2. The molecular formula is C13H12Cl3ORh. The fourth-order valence-electron chi connectivity index (χ4n) is 1.13. The molecule has 2 aliphatic carbocycles. The first-order valence-corrected chi connectivity index (χ1v) is 6.14. The van der Waals surface area contributed by atoms with E-state index in [-0.39, 0.29) is 25.3 Å². The minimum absolute atomic E-state index is 0. The summed E-state index contributed by atoms with van der Waals surface area (Å²) in [5.41, 5.74) is -0.689. The zero-order valence-electron chi connectivity index (χ0n) is 9.57. The number of rotatable bonds is 0. The molecule has 0 amide bonds. The van der Waals surface area contributed by atoms with Crippen LogP contribution in [0.15, 0.2) is 24.3 Å². The smallest absolute Gasteiger partial charge is 0.202 e. The van der Waals surface area contributed by atoms with Crippen LogP contribution in [-0.4, -0.2) is 9.58 Å². The van der Waals surface area contributed by atoms with E-state index in [2.05, 4.69) is 0 Å². The summed E-state index contributed by atoms with van der Waals surface area (Å²) in [7, 11) is 0. The third-order valence-corrected chi connectivity index (χ3v) is 3.58. The van der Waals surface area contributed by atoms with Crippen LogP contribution in [0.25, 0.3) is 0 Å². The Bertz CT molecular complexity index is 304. The molecule has 0 heterocycles.